The Labute approximate surface area is 126 Å². The van der Waals surface area contributed by atoms with Gasteiger partial charge >= 0.3 is 0 Å². The molecule has 1 saturated carbocycles. The first-order chi connectivity index (χ1) is 9.34. The number of nitrogen functional groups attached to an aromatic ring is 1. The lowest BCUT2D eigenvalue weighted by atomic mass is 9.96. The molecule has 2 rings (SSSR count). The molecule has 0 unspecified atom stereocenters. The van der Waals surface area contributed by atoms with E-state index < -0.39 is 10.0 Å². The Morgan fingerprint density at radius 1 is 1.25 bits per heavy atom. The van der Waals surface area contributed by atoms with E-state index >= 15 is 0 Å². The topological polar surface area (TPSA) is 63.4 Å². The molecule has 1 aromatic rings. The van der Waals surface area contributed by atoms with Gasteiger partial charge in [0.1, 0.15) is 0 Å². The third kappa shape index (κ3) is 2.95. The molecule has 4 nitrogen and oxygen atoms in total. The van der Waals surface area contributed by atoms with Gasteiger partial charge in [-0.15, -0.1) is 0 Å². The van der Waals surface area contributed by atoms with Gasteiger partial charge in [-0.2, -0.15) is 4.31 Å². The number of hydrogen-bond donors (Lipinski definition) is 1. The minimum Gasteiger partial charge on any atom is -0.397 e. The van der Waals surface area contributed by atoms with Crippen LogP contribution in [0, 0.1) is 6.92 Å². The average Bonchev–Trinajstić information content (AvgIpc) is 2.44. The van der Waals surface area contributed by atoms with Gasteiger partial charge in [0.2, 0.25) is 10.0 Å². The molecule has 0 bridgehead atoms. The summed E-state index contributed by atoms with van der Waals surface area (Å²) in [6, 6.07) is 3.13. The fourth-order valence-corrected chi connectivity index (χ4v) is 4.37. The van der Waals surface area contributed by atoms with Gasteiger partial charge in [-0.3, -0.25) is 0 Å². The first kappa shape index (κ1) is 15.6. The molecular weight excluding hydrogens is 296 g/mol. The molecule has 0 atom stereocenters. The minimum absolute atomic E-state index is 0.0889. The summed E-state index contributed by atoms with van der Waals surface area (Å²) in [5, 5.41) is 0.421. The van der Waals surface area contributed by atoms with E-state index in [1.165, 1.54) is 16.8 Å². The number of benzene rings is 1. The van der Waals surface area contributed by atoms with Crippen LogP contribution in [0.15, 0.2) is 17.0 Å². The molecule has 0 heterocycles. The van der Waals surface area contributed by atoms with Gasteiger partial charge in [0, 0.05) is 13.1 Å². The molecule has 0 aliphatic heterocycles. The number of hydrogen-bond acceptors (Lipinski definition) is 3. The largest absolute Gasteiger partial charge is 0.397 e. The van der Waals surface area contributed by atoms with E-state index in [1.807, 2.05) is 0 Å². The van der Waals surface area contributed by atoms with E-state index in [-0.39, 0.29) is 10.9 Å². The molecule has 1 aromatic carbocycles. The molecule has 1 aliphatic rings. The van der Waals surface area contributed by atoms with Crippen LogP contribution in [0.4, 0.5) is 5.69 Å². The van der Waals surface area contributed by atoms with Gasteiger partial charge in [-0.25, -0.2) is 8.42 Å². The number of nitrogens with zero attached hydrogens (tertiary/aromatic N) is 1. The van der Waals surface area contributed by atoms with Crippen molar-refractivity contribution >= 4 is 27.3 Å². The molecule has 20 heavy (non-hydrogen) atoms. The van der Waals surface area contributed by atoms with Crippen LogP contribution < -0.4 is 5.73 Å². The first-order valence-corrected chi connectivity index (χ1v) is 8.69. The van der Waals surface area contributed by atoms with Crippen LogP contribution in [0.1, 0.15) is 37.7 Å². The highest BCUT2D eigenvalue weighted by Crippen LogP contribution is 2.30. The SMILES string of the molecule is Cc1cc(S(=O)(=O)N(C)C2CCCCC2)cc(N)c1Cl. The Bertz CT molecular complexity index is 572. The lowest BCUT2D eigenvalue weighted by molar-refractivity contribution is 0.286. The van der Waals surface area contributed by atoms with Gasteiger partial charge in [0.05, 0.1) is 15.6 Å². The van der Waals surface area contributed by atoms with E-state index in [0.29, 0.717) is 16.3 Å². The number of aryl methyl sites for hydroxylation is 1. The molecule has 112 valence electrons. The summed E-state index contributed by atoms with van der Waals surface area (Å²) in [4.78, 5) is 0.227. The second-order valence-electron chi connectivity index (χ2n) is 5.46. The quantitative estimate of drug-likeness (QED) is 0.871. The Kier molecular flexibility index (Phi) is 4.62. The highest BCUT2D eigenvalue weighted by molar-refractivity contribution is 7.89. The van der Waals surface area contributed by atoms with E-state index in [0.717, 1.165) is 25.7 Å². The molecule has 0 radical (unpaired) electrons. The predicted molar refractivity (Wildman–Crippen MR) is 82.4 cm³/mol. The number of halogens is 1. The summed E-state index contributed by atoms with van der Waals surface area (Å²) in [5.41, 5.74) is 6.77. The van der Waals surface area contributed by atoms with Gasteiger partial charge < -0.3 is 5.73 Å². The lowest BCUT2D eigenvalue weighted by Gasteiger charge is -2.30. The lowest BCUT2D eigenvalue weighted by Crippen LogP contribution is -2.38. The highest BCUT2D eigenvalue weighted by Gasteiger charge is 2.29. The third-order valence-electron chi connectivity index (χ3n) is 4.02. The summed E-state index contributed by atoms with van der Waals surface area (Å²) in [5.74, 6) is 0. The zero-order chi connectivity index (χ0) is 14.9. The number of sulfonamides is 1. The van der Waals surface area contributed by atoms with Gasteiger partial charge in [-0.05, 0) is 37.5 Å². The van der Waals surface area contributed by atoms with Crippen LogP contribution in [0.5, 0.6) is 0 Å². The summed E-state index contributed by atoms with van der Waals surface area (Å²) < 4.78 is 26.8. The second-order valence-corrected chi connectivity index (χ2v) is 7.83. The van der Waals surface area contributed by atoms with Crippen LogP contribution in [0.25, 0.3) is 0 Å². The van der Waals surface area contributed by atoms with Gasteiger partial charge in [0.25, 0.3) is 0 Å². The van der Waals surface area contributed by atoms with Crippen molar-refractivity contribution in [1.29, 1.82) is 0 Å². The highest BCUT2D eigenvalue weighted by atomic mass is 35.5. The van der Waals surface area contributed by atoms with Crippen molar-refractivity contribution in [2.24, 2.45) is 0 Å². The van der Waals surface area contributed by atoms with Crippen molar-refractivity contribution < 1.29 is 8.42 Å². The molecule has 0 amide bonds. The first-order valence-electron chi connectivity index (χ1n) is 6.87. The number of rotatable bonds is 3. The average molecular weight is 317 g/mol. The van der Waals surface area contributed by atoms with Gasteiger partial charge in [0.15, 0.2) is 0 Å². The van der Waals surface area contributed by atoms with Crippen molar-refractivity contribution in [1.82, 2.24) is 4.31 Å². The van der Waals surface area contributed by atoms with Crippen LogP contribution in [-0.4, -0.2) is 25.8 Å². The van der Waals surface area contributed by atoms with E-state index in [2.05, 4.69) is 0 Å². The number of anilines is 1. The van der Waals surface area contributed by atoms with Crippen LogP contribution in [-0.2, 0) is 10.0 Å². The maximum absolute atomic E-state index is 12.7. The molecule has 2 N–H and O–H groups in total. The summed E-state index contributed by atoms with van der Waals surface area (Å²) in [6.45, 7) is 1.76. The zero-order valence-electron chi connectivity index (χ0n) is 11.9. The normalized spacial score (nSPS) is 17.6. The fourth-order valence-electron chi connectivity index (χ4n) is 2.72. The monoisotopic (exact) mass is 316 g/mol. The van der Waals surface area contributed by atoms with Crippen molar-refractivity contribution in [2.45, 2.75) is 50.0 Å². The molecule has 1 fully saturated rings. The number of nitrogens with two attached hydrogens (primary N) is 1. The molecule has 1 aliphatic carbocycles. The Hall–Kier alpha value is -0.780. The maximum atomic E-state index is 12.7. The maximum Gasteiger partial charge on any atom is 0.243 e. The standard InChI is InChI=1S/C14H21ClN2O2S/c1-10-8-12(9-13(16)14(10)15)20(18,19)17(2)11-6-4-3-5-7-11/h8-9,11H,3-7,16H2,1-2H3. The molecule has 0 saturated heterocycles. The Morgan fingerprint density at radius 2 is 1.85 bits per heavy atom. The van der Waals surface area contributed by atoms with Crippen molar-refractivity contribution in [3.8, 4) is 0 Å². The summed E-state index contributed by atoms with van der Waals surface area (Å²) in [6.07, 6.45) is 5.23. The summed E-state index contributed by atoms with van der Waals surface area (Å²) >= 11 is 5.99. The van der Waals surface area contributed by atoms with E-state index in [4.69, 9.17) is 17.3 Å². The molecule has 0 spiro atoms. The van der Waals surface area contributed by atoms with Crippen molar-refractivity contribution in [3.63, 3.8) is 0 Å². The van der Waals surface area contributed by atoms with E-state index in [1.54, 1.807) is 20.0 Å². The fraction of sp³-hybridized carbons (Fsp3) is 0.571. The minimum atomic E-state index is -3.51. The van der Waals surface area contributed by atoms with Crippen molar-refractivity contribution in [3.05, 3.63) is 22.7 Å². The second kappa shape index (κ2) is 5.92. The molecule has 6 heteroatoms. The molecule has 0 aromatic heterocycles. The van der Waals surface area contributed by atoms with Crippen molar-refractivity contribution in [2.75, 3.05) is 12.8 Å². The van der Waals surface area contributed by atoms with Crippen LogP contribution in [0.3, 0.4) is 0 Å². The smallest absolute Gasteiger partial charge is 0.243 e. The Balaban J connectivity index is 2.34. The summed E-state index contributed by atoms with van der Waals surface area (Å²) in [7, 11) is -1.85. The van der Waals surface area contributed by atoms with Crippen LogP contribution >= 0.6 is 11.6 Å². The zero-order valence-corrected chi connectivity index (χ0v) is 13.5. The third-order valence-corrected chi connectivity index (χ3v) is 6.43. The van der Waals surface area contributed by atoms with Gasteiger partial charge in [-0.1, -0.05) is 30.9 Å². The van der Waals surface area contributed by atoms with Crippen LogP contribution in [0.2, 0.25) is 5.02 Å². The predicted octanol–water partition coefficient (Wildman–Crippen LogP) is 3.18. The Morgan fingerprint density at radius 3 is 2.40 bits per heavy atom. The van der Waals surface area contributed by atoms with E-state index in [9.17, 15) is 8.42 Å². The molecular formula is C14H21ClN2O2S.